The van der Waals surface area contributed by atoms with Crippen molar-refractivity contribution >= 4 is 16.5 Å². The standard InChI is InChI=1S/C17H23N3S/c1-3-7-15-16(10-18-4-2)21-17(19-15)20-11-13-8-5-6-9-14(13)12-20/h5-6,8-9,18H,3-4,7,10-12H2,1-2H3. The van der Waals surface area contributed by atoms with Gasteiger partial charge in [-0.25, -0.2) is 4.98 Å². The molecule has 0 atom stereocenters. The molecule has 0 radical (unpaired) electrons. The smallest absolute Gasteiger partial charge is 0.186 e. The number of hydrogen-bond acceptors (Lipinski definition) is 4. The minimum absolute atomic E-state index is 0.949. The monoisotopic (exact) mass is 301 g/mol. The van der Waals surface area contributed by atoms with Gasteiger partial charge in [0.1, 0.15) is 0 Å². The first-order valence-corrected chi connectivity index (χ1v) is 8.64. The Kier molecular flexibility index (Phi) is 4.56. The average molecular weight is 301 g/mol. The molecule has 0 bridgehead atoms. The van der Waals surface area contributed by atoms with Crippen molar-refractivity contribution in [2.45, 2.75) is 46.3 Å². The highest BCUT2D eigenvalue weighted by atomic mass is 32.1. The molecule has 1 aliphatic rings. The van der Waals surface area contributed by atoms with Crippen molar-refractivity contribution in [2.24, 2.45) is 0 Å². The van der Waals surface area contributed by atoms with E-state index in [4.69, 9.17) is 4.98 Å². The van der Waals surface area contributed by atoms with Gasteiger partial charge in [0.2, 0.25) is 0 Å². The zero-order valence-electron chi connectivity index (χ0n) is 12.9. The lowest BCUT2D eigenvalue weighted by Gasteiger charge is -2.12. The van der Waals surface area contributed by atoms with E-state index in [1.807, 2.05) is 11.3 Å². The Morgan fingerprint density at radius 2 is 1.90 bits per heavy atom. The molecule has 0 unspecified atom stereocenters. The molecule has 1 N–H and O–H groups in total. The molecular weight excluding hydrogens is 278 g/mol. The number of thiazole rings is 1. The van der Waals surface area contributed by atoms with Crippen LogP contribution in [0.25, 0.3) is 0 Å². The molecule has 0 amide bonds. The van der Waals surface area contributed by atoms with Gasteiger partial charge in [0.15, 0.2) is 5.13 Å². The highest BCUT2D eigenvalue weighted by Gasteiger charge is 2.22. The second kappa shape index (κ2) is 6.58. The van der Waals surface area contributed by atoms with Crippen LogP contribution in [0.3, 0.4) is 0 Å². The molecule has 0 saturated carbocycles. The van der Waals surface area contributed by atoms with Gasteiger partial charge in [-0.15, -0.1) is 11.3 Å². The topological polar surface area (TPSA) is 28.2 Å². The van der Waals surface area contributed by atoms with Crippen LogP contribution in [0.5, 0.6) is 0 Å². The molecule has 0 saturated heterocycles. The zero-order valence-corrected chi connectivity index (χ0v) is 13.7. The van der Waals surface area contributed by atoms with E-state index in [1.165, 1.54) is 26.8 Å². The first-order chi connectivity index (χ1) is 10.3. The fourth-order valence-corrected chi connectivity index (χ4v) is 3.86. The third-order valence-corrected chi connectivity index (χ3v) is 5.06. The van der Waals surface area contributed by atoms with E-state index in [1.54, 1.807) is 0 Å². The van der Waals surface area contributed by atoms with Crippen LogP contribution >= 0.6 is 11.3 Å². The third-order valence-electron chi connectivity index (χ3n) is 3.90. The summed E-state index contributed by atoms with van der Waals surface area (Å²) in [5.74, 6) is 0. The number of nitrogens with one attached hydrogen (secondary N) is 1. The Morgan fingerprint density at radius 1 is 1.19 bits per heavy atom. The molecule has 0 fully saturated rings. The van der Waals surface area contributed by atoms with Crippen LogP contribution in [-0.2, 0) is 26.1 Å². The first-order valence-electron chi connectivity index (χ1n) is 7.82. The molecule has 2 heterocycles. The summed E-state index contributed by atoms with van der Waals surface area (Å²) in [5.41, 5.74) is 4.17. The minimum Gasteiger partial charge on any atom is -0.339 e. The van der Waals surface area contributed by atoms with E-state index in [-0.39, 0.29) is 0 Å². The van der Waals surface area contributed by atoms with E-state index in [9.17, 15) is 0 Å². The molecule has 1 aromatic heterocycles. The fraction of sp³-hybridized carbons (Fsp3) is 0.471. The lowest BCUT2D eigenvalue weighted by atomic mass is 10.1. The fourth-order valence-electron chi connectivity index (χ4n) is 2.78. The van der Waals surface area contributed by atoms with Crippen molar-refractivity contribution in [1.29, 1.82) is 0 Å². The second-order valence-electron chi connectivity index (χ2n) is 5.52. The molecule has 112 valence electrons. The molecule has 2 aromatic rings. The first kappa shape index (κ1) is 14.5. The summed E-state index contributed by atoms with van der Waals surface area (Å²) in [6.45, 7) is 8.32. The number of hydrogen-bond donors (Lipinski definition) is 1. The largest absolute Gasteiger partial charge is 0.339 e. The van der Waals surface area contributed by atoms with Crippen LogP contribution < -0.4 is 10.2 Å². The number of aromatic nitrogens is 1. The van der Waals surface area contributed by atoms with E-state index in [0.29, 0.717) is 0 Å². The van der Waals surface area contributed by atoms with E-state index >= 15 is 0 Å². The Balaban J connectivity index is 1.80. The van der Waals surface area contributed by atoms with E-state index < -0.39 is 0 Å². The Hall–Kier alpha value is -1.39. The van der Waals surface area contributed by atoms with E-state index in [2.05, 4.69) is 48.3 Å². The maximum atomic E-state index is 4.92. The molecule has 1 aliphatic heterocycles. The van der Waals surface area contributed by atoms with Gasteiger partial charge in [-0.05, 0) is 24.1 Å². The second-order valence-corrected chi connectivity index (χ2v) is 6.58. The number of aryl methyl sites for hydroxylation is 1. The summed E-state index contributed by atoms with van der Waals surface area (Å²) in [7, 11) is 0. The Labute approximate surface area is 131 Å². The summed E-state index contributed by atoms with van der Waals surface area (Å²) in [5, 5.41) is 4.62. The van der Waals surface area contributed by atoms with Gasteiger partial charge in [0.25, 0.3) is 0 Å². The SMILES string of the molecule is CCCc1nc(N2Cc3ccccc3C2)sc1CNCC. The summed E-state index contributed by atoms with van der Waals surface area (Å²) >= 11 is 1.86. The molecule has 1 aromatic carbocycles. The van der Waals surface area contributed by atoms with Gasteiger partial charge in [0.05, 0.1) is 5.69 Å². The van der Waals surface area contributed by atoms with Gasteiger partial charge in [-0.3, -0.25) is 0 Å². The van der Waals surface area contributed by atoms with Crippen LogP contribution in [0, 0.1) is 0 Å². The molecule has 4 heteroatoms. The van der Waals surface area contributed by atoms with Crippen molar-refractivity contribution < 1.29 is 0 Å². The predicted octanol–water partition coefficient (Wildman–Crippen LogP) is 3.73. The van der Waals surface area contributed by atoms with Crippen LogP contribution in [-0.4, -0.2) is 11.5 Å². The highest BCUT2D eigenvalue weighted by molar-refractivity contribution is 7.15. The molecule has 3 nitrogen and oxygen atoms in total. The van der Waals surface area contributed by atoms with Crippen molar-refractivity contribution in [3.05, 3.63) is 46.0 Å². The maximum Gasteiger partial charge on any atom is 0.186 e. The van der Waals surface area contributed by atoms with Crippen LogP contribution in [0.15, 0.2) is 24.3 Å². The van der Waals surface area contributed by atoms with Crippen LogP contribution in [0.4, 0.5) is 5.13 Å². The number of rotatable bonds is 6. The molecule has 0 spiro atoms. The maximum absolute atomic E-state index is 4.92. The average Bonchev–Trinajstić information content (AvgIpc) is 3.09. The molecule has 3 rings (SSSR count). The molecular formula is C17H23N3S. The van der Waals surface area contributed by atoms with Gasteiger partial charge in [-0.2, -0.15) is 0 Å². The number of benzene rings is 1. The molecule has 21 heavy (non-hydrogen) atoms. The number of anilines is 1. The van der Waals surface area contributed by atoms with Gasteiger partial charge >= 0.3 is 0 Å². The minimum atomic E-state index is 0.949. The lowest BCUT2D eigenvalue weighted by molar-refractivity contribution is 0.723. The Morgan fingerprint density at radius 3 is 2.52 bits per heavy atom. The zero-order chi connectivity index (χ0) is 14.7. The van der Waals surface area contributed by atoms with Crippen molar-refractivity contribution in [1.82, 2.24) is 10.3 Å². The lowest BCUT2D eigenvalue weighted by Crippen LogP contribution is -2.14. The van der Waals surface area contributed by atoms with Crippen LogP contribution in [0.2, 0.25) is 0 Å². The summed E-state index contributed by atoms with van der Waals surface area (Å²) < 4.78 is 0. The van der Waals surface area contributed by atoms with Crippen molar-refractivity contribution in [3.63, 3.8) is 0 Å². The third kappa shape index (κ3) is 3.11. The Bertz CT molecular complexity index is 581. The van der Waals surface area contributed by atoms with Gasteiger partial charge in [0, 0.05) is 24.5 Å². The summed E-state index contributed by atoms with van der Waals surface area (Å²) in [6.07, 6.45) is 2.24. The number of fused-ring (bicyclic) bond motifs is 1. The van der Waals surface area contributed by atoms with E-state index in [0.717, 1.165) is 39.0 Å². The number of nitrogens with zero attached hydrogens (tertiary/aromatic N) is 2. The predicted molar refractivity (Wildman–Crippen MR) is 89.8 cm³/mol. The van der Waals surface area contributed by atoms with Gasteiger partial charge < -0.3 is 10.2 Å². The summed E-state index contributed by atoms with van der Waals surface area (Å²) in [4.78, 5) is 8.74. The quantitative estimate of drug-likeness (QED) is 0.881. The van der Waals surface area contributed by atoms with Gasteiger partial charge in [-0.1, -0.05) is 44.5 Å². The summed E-state index contributed by atoms with van der Waals surface area (Å²) in [6, 6.07) is 8.72. The molecule has 0 aliphatic carbocycles. The normalized spacial score (nSPS) is 13.7. The van der Waals surface area contributed by atoms with Crippen LogP contribution in [0.1, 0.15) is 42.0 Å². The van der Waals surface area contributed by atoms with Crippen molar-refractivity contribution in [2.75, 3.05) is 11.4 Å². The van der Waals surface area contributed by atoms with Crippen molar-refractivity contribution in [3.8, 4) is 0 Å². The highest BCUT2D eigenvalue weighted by Crippen LogP contribution is 2.33.